The van der Waals surface area contributed by atoms with Gasteiger partial charge in [-0.25, -0.2) is 8.78 Å². The molecule has 3 N–H and O–H groups in total. The van der Waals surface area contributed by atoms with E-state index in [0.717, 1.165) is 43.9 Å². The van der Waals surface area contributed by atoms with Crippen LogP contribution in [0.3, 0.4) is 0 Å². The van der Waals surface area contributed by atoms with Crippen LogP contribution in [0.5, 0.6) is 0 Å². The highest BCUT2D eigenvalue weighted by Crippen LogP contribution is 2.15. The van der Waals surface area contributed by atoms with Crippen molar-refractivity contribution < 1.29 is 13.6 Å². The molecule has 18 heavy (non-hydrogen) atoms. The molecule has 0 aliphatic rings. The first kappa shape index (κ1) is 14.6. The van der Waals surface area contributed by atoms with Gasteiger partial charge in [-0.2, -0.15) is 0 Å². The van der Waals surface area contributed by atoms with Crippen molar-refractivity contribution in [3.8, 4) is 0 Å². The van der Waals surface area contributed by atoms with Crippen LogP contribution in [0, 0.1) is 11.6 Å². The predicted molar refractivity (Wildman–Crippen MR) is 67.1 cm³/mol. The summed E-state index contributed by atoms with van der Waals surface area (Å²) < 4.78 is 26.1. The summed E-state index contributed by atoms with van der Waals surface area (Å²) in [6.45, 7) is 0.653. The minimum atomic E-state index is -0.632. The van der Waals surface area contributed by atoms with E-state index in [1.807, 2.05) is 0 Å². The Balaban J connectivity index is 2.33. The molecule has 1 amide bonds. The summed E-state index contributed by atoms with van der Waals surface area (Å²) in [4.78, 5) is 11.5. The molecule has 0 radical (unpaired) electrons. The molecule has 0 fully saturated rings. The van der Waals surface area contributed by atoms with Gasteiger partial charge in [-0.3, -0.25) is 4.79 Å². The maximum atomic E-state index is 13.2. The molecular formula is C13H18F2N2O. The number of benzene rings is 1. The second-order valence-electron chi connectivity index (χ2n) is 4.13. The van der Waals surface area contributed by atoms with Crippen molar-refractivity contribution in [1.82, 2.24) is 0 Å². The maximum Gasteiger partial charge on any atom is 0.224 e. The van der Waals surface area contributed by atoms with Crippen molar-refractivity contribution in [3.05, 3.63) is 29.8 Å². The third-order valence-electron chi connectivity index (χ3n) is 2.56. The van der Waals surface area contributed by atoms with Gasteiger partial charge in [-0.1, -0.05) is 12.8 Å². The van der Waals surface area contributed by atoms with E-state index in [4.69, 9.17) is 5.73 Å². The van der Waals surface area contributed by atoms with Gasteiger partial charge >= 0.3 is 0 Å². The highest BCUT2D eigenvalue weighted by atomic mass is 19.1. The molecule has 5 heteroatoms. The third-order valence-corrected chi connectivity index (χ3v) is 2.56. The fourth-order valence-corrected chi connectivity index (χ4v) is 1.59. The Morgan fingerprint density at radius 1 is 1.17 bits per heavy atom. The molecule has 100 valence electrons. The molecule has 1 aromatic rings. The number of amides is 1. The molecule has 0 aromatic heterocycles. The van der Waals surface area contributed by atoms with Gasteiger partial charge in [0.15, 0.2) is 0 Å². The SMILES string of the molecule is NCCCCCCC(=O)Nc1cc(F)ccc1F. The monoisotopic (exact) mass is 256 g/mol. The zero-order chi connectivity index (χ0) is 13.4. The van der Waals surface area contributed by atoms with Gasteiger partial charge in [-0.15, -0.1) is 0 Å². The van der Waals surface area contributed by atoms with Crippen LogP contribution < -0.4 is 11.1 Å². The zero-order valence-corrected chi connectivity index (χ0v) is 10.2. The van der Waals surface area contributed by atoms with E-state index in [-0.39, 0.29) is 11.6 Å². The zero-order valence-electron chi connectivity index (χ0n) is 10.2. The number of carbonyl (C=O) groups excluding carboxylic acids is 1. The van der Waals surface area contributed by atoms with Crippen LogP contribution in [0.25, 0.3) is 0 Å². The van der Waals surface area contributed by atoms with Crippen LogP contribution in [0.1, 0.15) is 32.1 Å². The van der Waals surface area contributed by atoms with Gasteiger partial charge in [0.2, 0.25) is 5.91 Å². The highest BCUT2D eigenvalue weighted by molar-refractivity contribution is 5.90. The van der Waals surface area contributed by atoms with Crippen molar-refractivity contribution in [2.45, 2.75) is 32.1 Å². The number of hydrogen-bond donors (Lipinski definition) is 2. The number of nitrogens with two attached hydrogens (primary N) is 1. The van der Waals surface area contributed by atoms with E-state index in [1.165, 1.54) is 0 Å². The number of nitrogens with one attached hydrogen (secondary N) is 1. The van der Waals surface area contributed by atoms with Crippen molar-refractivity contribution in [3.63, 3.8) is 0 Å². The van der Waals surface area contributed by atoms with Crippen LogP contribution in [0.4, 0.5) is 14.5 Å². The van der Waals surface area contributed by atoms with Gasteiger partial charge in [0, 0.05) is 12.5 Å². The van der Waals surface area contributed by atoms with Gasteiger partial charge in [0.1, 0.15) is 11.6 Å². The largest absolute Gasteiger partial charge is 0.330 e. The average Bonchev–Trinajstić information content (AvgIpc) is 2.33. The lowest BCUT2D eigenvalue weighted by molar-refractivity contribution is -0.116. The van der Waals surface area contributed by atoms with Gasteiger partial charge in [-0.05, 0) is 31.5 Å². The lowest BCUT2D eigenvalue weighted by atomic mass is 10.1. The number of carbonyl (C=O) groups is 1. The molecule has 3 nitrogen and oxygen atoms in total. The molecular weight excluding hydrogens is 238 g/mol. The Morgan fingerprint density at radius 3 is 2.61 bits per heavy atom. The summed E-state index contributed by atoms with van der Waals surface area (Å²) >= 11 is 0. The van der Waals surface area contributed by atoms with Crippen LogP contribution in [-0.4, -0.2) is 12.5 Å². The molecule has 1 aromatic carbocycles. The summed E-state index contributed by atoms with van der Waals surface area (Å²) in [6.07, 6.45) is 3.87. The number of rotatable bonds is 7. The number of anilines is 1. The molecule has 0 spiro atoms. The Hall–Kier alpha value is -1.49. The summed E-state index contributed by atoms with van der Waals surface area (Å²) in [5.74, 6) is -1.50. The first-order valence-electron chi connectivity index (χ1n) is 6.08. The van der Waals surface area contributed by atoms with Gasteiger partial charge < -0.3 is 11.1 Å². The van der Waals surface area contributed by atoms with Crippen molar-refractivity contribution in [2.75, 3.05) is 11.9 Å². The van der Waals surface area contributed by atoms with Crippen LogP contribution in [0.2, 0.25) is 0 Å². The maximum absolute atomic E-state index is 13.2. The number of halogens is 2. The fourth-order valence-electron chi connectivity index (χ4n) is 1.59. The van der Waals surface area contributed by atoms with E-state index < -0.39 is 11.6 Å². The van der Waals surface area contributed by atoms with E-state index >= 15 is 0 Å². The second kappa shape index (κ2) is 7.76. The number of unbranched alkanes of at least 4 members (excludes halogenated alkanes) is 3. The quantitative estimate of drug-likeness (QED) is 0.737. The normalized spacial score (nSPS) is 10.4. The molecule has 0 saturated heterocycles. The summed E-state index contributed by atoms with van der Waals surface area (Å²) in [5, 5.41) is 2.36. The van der Waals surface area contributed by atoms with Crippen molar-refractivity contribution >= 4 is 11.6 Å². The smallest absolute Gasteiger partial charge is 0.224 e. The molecule has 0 heterocycles. The average molecular weight is 256 g/mol. The van der Waals surface area contributed by atoms with E-state index in [0.29, 0.717) is 13.0 Å². The molecule has 0 aliphatic carbocycles. The Bertz CT molecular complexity index is 397. The van der Waals surface area contributed by atoms with E-state index in [2.05, 4.69) is 5.32 Å². The summed E-state index contributed by atoms with van der Waals surface area (Å²) in [5.41, 5.74) is 5.24. The highest BCUT2D eigenvalue weighted by Gasteiger charge is 2.07. The topological polar surface area (TPSA) is 55.1 Å². The van der Waals surface area contributed by atoms with E-state index in [1.54, 1.807) is 0 Å². The van der Waals surface area contributed by atoms with Crippen molar-refractivity contribution in [1.29, 1.82) is 0 Å². The van der Waals surface area contributed by atoms with Gasteiger partial charge in [0.05, 0.1) is 5.69 Å². The molecule has 0 unspecified atom stereocenters. The fraction of sp³-hybridized carbons (Fsp3) is 0.462. The first-order valence-corrected chi connectivity index (χ1v) is 6.08. The van der Waals surface area contributed by atoms with Crippen LogP contribution in [-0.2, 0) is 4.79 Å². The third kappa shape index (κ3) is 5.23. The van der Waals surface area contributed by atoms with E-state index in [9.17, 15) is 13.6 Å². The summed E-state index contributed by atoms with van der Waals surface area (Å²) in [6, 6.07) is 2.98. The summed E-state index contributed by atoms with van der Waals surface area (Å²) in [7, 11) is 0. The number of hydrogen-bond acceptors (Lipinski definition) is 2. The van der Waals surface area contributed by atoms with Crippen molar-refractivity contribution in [2.24, 2.45) is 5.73 Å². The Kier molecular flexibility index (Phi) is 6.28. The van der Waals surface area contributed by atoms with Crippen LogP contribution >= 0.6 is 0 Å². The minimum Gasteiger partial charge on any atom is -0.330 e. The minimum absolute atomic E-state index is 0.109. The lowest BCUT2D eigenvalue weighted by Gasteiger charge is -2.06. The van der Waals surface area contributed by atoms with Crippen LogP contribution in [0.15, 0.2) is 18.2 Å². The molecule has 0 aliphatic heterocycles. The second-order valence-corrected chi connectivity index (χ2v) is 4.13. The standard InChI is InChI=1S/C13H18F2N2O/c14-10-6-7-11(15)12(9-10)17-13(18)5-3-1-2-4-8-16/h6-7,9H,1-5,8,16H2,(H,17,18). The molecule has 0 saturated carbocycles. The molecule has 0 bridgehead atoms. The molecule has 1 rings (SSSR count). The van der Waals surface area contributed by atoms with Gasteiger partial charge in [0.25, 0.3) is 0 Å². The first-order chi connectivity index (χ1) is 8.63. The Morgan fingerprint density at radius 2 is 1.89 bits per heavy atom. The predicted octanol–water partition coefficient (Wildman–Crippen LogP) is 2.81. The molecule has 0 atom stereocenters. The Labute approximate surface area is 105 Å². The lowest BCUT2D eigenvalue weighted by Crippen LogP contribution is -2.12.